The fourth-order valence-electron chi connectivity index (χ4n) is 9.81. The van der Waals surface area contributed by atoms with Crippen LogP contribution in [0, 0.1) is 0 Å². The molecule has 1 heterocycles. The summed E-state index contributed by atoms with van der Waals surface area (Å²) in [6.45, 7) is 3.83. The number of rotatable bonds is 51. The van der Waals surface area contributed by atoms with E-state index < -0.39 is 49.5 Å². The number of nitrogens with one attached hydrogen (secondary N) is 1. The Morgan fingerprint density at radius 3 is 1.08 bits per heavy atom. The van der Waals surface area contributed by atoms with E-state index >= 15 is 0 Å². The van der Waals surface area contributed by atoms with Crippen molar-refractivity contribution in [3.8, 4) is 0 Å². The van der Waals surface area contributed by atoms with E-state index in [1.165, 1.54) is 238 Å². The average Bonchev–Trinajstić information content (AvgIpc) is 3.32. The van der Waals surface area contributed by atoms with Gasteiger partial charge in [0.1, 0.15) is 24.4 Å². The van der Waals surface area contributed by atoms with Gasteiger partial charge in [0.2, 0.25) is 5.91 Å². The van der Waals surface area contributed by atoms with E-state index in [4.69, 9.17) is 9.47 Å². The maximum atomic E-state index is 13.0. The number of aliphatic hydroxyl groups excluding tert-OH is 5. The summed E-state index contributed by atoms with van der Waals surface area (Å²) in [6, 6.07) is -0.711. The number of carbonyl (C=O) groups is 1. The molecule has 1 saturated heterocycles. The molecule has 7 unspecified atom stereocenters. The molecule has 0 aromatic heterocycles. The van der Waals surface area contributed by atoms with Gasteiger partial charge in [-0.3, -0.25) is 4.79 Å². The summed E-state index contributed by atoms with van der Waals surface area (Å²) in [5.41, 5.74) is 0. The first-order valence-corrected chi connectivity index (χ1v) is 29.2. The van der Waals surface area contributed by atoms with Crippen molar-refractivity contribution in [2.24, 2.45) is 0 Å². The van der Waals surface area contributed by atoms with Gasteiger partial charge in [0.05, 0.1) is 25.4 Å². The topological polar surface area (TPSA) is 149 Å². The third-order valence-electron chi connectivity index (χ3n) is 14.5. The number of hydrogen-bond donors (Lipinski definition) is 6. The lowest BCUT2D eigenvalue weighted by Gasteiger charge is -2.40. The van der Waals surface area contributed by atoms with E-state index in [-0.39, 0.29) is 12.5 Å². The van der Waals surface area contributed by atoms with Crippen molar-refractivity contribution in [3.05, 3.63) is 0 Å². The third kappa shape index (κ3) is 37.1. The maximum absolute atomic E-state index is 13.0. The Balaban J connectivity index is 1.98. The van der Waals surface area contributed by atoms with Gasteiger partial charge in [0.25, 0.3) is 0 Å². The lowest BCUT2D eigenvalue weighted by atomic mass is 9.99. The Kier molecular flexibility index (Phi) is 45.8. The fourth-order valence-corrected chi connectivity index (χ4v) is 9.81. The van der Waals surface area contributed by atoms with Crippen LogP contribution in [0.2, 0.25) is 0 Å². The summed E-state index contributed by atoms with van der Waals surface area (Å²) in [7, 11) is 0. The predicted molar refractivity (Wildman–Crippen MR) is 277 cm³/mol. The van der Waals surface area contributed by atoms with Crippen LogP contribution in [-0.4, -0.2) is 87.5 Å². The fraction of sp³-hybridized carbons (Fsp3) is 0.982. The number of hydrogen-bond acceptors (Lipinski definition) is 8. The Labute approximate surface area is 408 Å². The monoisotopic (exact) mass is 940 g/mol. The summed E-state index contributed by atoms with van der Waals surface area (Å²) in [6.07, 6.45) is 50.5. The van der Waals surface area contributed by atoms with Gasteiger partial charge in [-0.2, -0.15) is 0 Å². The molecule has 7 atom stereocenters. The molecule has 6 N–H and O–H groups in total. The standard InChI is InChI=1S/C57H113NO8/c1-3-5-7-9-11-13-14-15-16-17-18-19-20-21-22-23-24-25-26-27-28-29-30-31-32-33-34-35-36-37-38-39-41-43-45-47-53(61)58-50(51(60)46-44-42-40-12-10-8-6-4-2)49-65-57-56(64)55(63)54(62)52(48-59)66-57/h50-52,54-57,59-60,62-64H,3-49H2,1-2H3,(H,58,61). The first-order chi connectivity index (χ1) is 32.3. The van der Waals surface area contributed by atoms with Crippen molar-refractivity contribution in [2.75, 3.05) is 13.2 Å². The van der Waals surface area contributed by atoms with Crippen molar-refractivity contribution in [2.45, 2.75) is 346 Å². The highest BCUT2D eigenvalue weighted by Crippen LogP contribution is 2.23. The minimum absolute atomic E-state index is 0.133. The average molecular weight is 941 g/mol. The Hall–Kier alpha value is -0.810. The number of unbranched alkanes of at least 4 members (excludes halogenated alkanes) is 41. The molecule has 0 aromatic rings. The summed E-state index contributed by atoms with van der Waals surface area (Å²) in [5, 5.41) is 54.3. The van der Waals surface area contributed by atoms with Crippen LogP contribution in [0.5, 0.6) is 0 Å². The van der Waals surface area contributed by atoms with Gasteiger partial charge in [-0.05, 0) is 12.8 Å². The van der Waals surface area contributed by atoms with Crippen molar-refractivity contribution >= 4 is 5.91 Å². The van der Waals surface area contributed by atoms with Crippen molar-refractivity contribution in [1.82, 2.24) is 5.32 Å². The molecule has 66 heavy (non-hydrogen) atoms. The molecule has 0 radical (unpaired) electrons. The van der Waals surface area contributed by atoms with Crippen LogP contribution >= 0.6 is 0 Å². The second-order valence-corrected chi connectivity index (χ2v) is 20.8. The van der Waals surface area contributed by atoms with Gasteiger partial charge in [0.15, 0.2) is 6.29 Å². The predicted octanol–water partition coefficient (Wildman–Crippen LogP) is 14.2. The van der Waals surface area contributed by atoms with Crippen LogP contribution in [0.25, 0.3) is 0 Å². The molecule has 1 amide bonds. The SMILES string of the molecule is CCCCCCCCCCCCCCCCCCCCCCCCCCCCCCCCCCCCCC(=O)NC(COC1OC(CO)C(O)C(O)C1O)C(O)CCCCCCCCCC. The number of amides is 1. The van der Waals surface area contributed by atoms with E-state index in [1.54, 1.807) is 0 Å². The molecular weight excluding hydrogens is 827 g/mol. The van der Waals surface area contributed by atoms with Crippen LogP contribution < -0.4 is 5.32 Å². The van der Waals surface area contributed by atoms with Gasteiger partial charge in [0, 0.05) is 6.42 Å². The summed E-state index contributed by atoms with van der Waals surface area (Å²) < 4.78 is 11.2. The molecule has 0 spiro atoms. The minimum Gasteiger partial charge on any atom is -0.394 e. The zero-order chi connectivity index (χ0) is 48.0. The number of aliphatic hydroxyl groups is 5. The maximum Gasteiger partial charge on any atom is 0.220 e. The highest BCUT2D eigenvalue weighted by molar-refractivity contribution is 5.76. The smallest absolute Gasteiger partial charge is 0.220 e. The van der Waals surface area contributed by atoms with Crippen molar-refractivity contribution in [3.63, 3.8) is 0 Å². The van der Waals surface area contributed by atoms with Crippen molar-refractivity contribution < 1.29 is 39.8 Å². The molecule has 1 aliphatic rings. The molecule has 394 valence electrons. The molecule has 0 aliphatic carbocycles. The Morgan fingerprint density at radius 2 is 0.758 bits per heavy atom. The summed E-state index contributed by atoms with van der Waals surface area (Å²) in [5.74, 6) is -0.140. The van der Waals surface area contributed by atoms with E-state index in [9.17, 15) is 30.3 Å². The van der Waals surface area contributed by atoms with Crippen LogP contribution in [0.15, 0.2) is 0 Å². The quantitative estimate of drug-likeness (QED) is 0.0330. The molecule has 1 rings (SSSR count). The van der Waals surface area contributed by atoms with E-state index in [0.29, 0.717) is 12.8 Å². The highest BCUT2D eigenvalue weighted by Gasteiger charge is 2.44. The molecule has 9 nitrogen and oxygen atoms in total. The third-order valence-corrected chi connectivity index (χ3v) is 14.5. The van der Waals surface area contributed by atoms with Gasteiger partial charge >= 0.3 is 0 Å². The molecule has 0 bridgehead atoms. The van der Waals surface area contributed by atoms with Crippen LogP contribution in [0.3, 0.4) is 0 Å². The van der Waals surface area contributed by atoms with Crippen LogP contribution in [-0.2, 0) is 14.3 Å². The largest absolute Gasteiger partial charge is 0.394 e. The zero-order valence-corrected chi connectivity index (χ0v) is 43.7. The molecule has 0 saturated carbocycles. The summed E-state index contributed by atoms with van der Waals surface area (Å²) in [4.78, 5) is 13.0. The highest BCUT2D eigenvalue weighted by atomic mass is 16.7. The first kappa shape index (κ1) is 63.2. The minimum atomic E-state index is -1.55. The lowest BCUT2D eigenvalue weighted by molar-refractivity contribution is -0.302. The van der Waals surface area contributed by atoms with Gasteiger partial charge in [-0.15, -0.1) is 0 Å². The van der Waals surface area contributed by atoms with Gasteiger partial charge in [-0.25, -0.2) is 0 Å². The van der Waals surface area contributed by atoms with E-state index in [0.717, 1.165) is 38.5 Å². The molecule has 1 fully saturated rings. The first-order valence-electron chi connectivity index (χ1n) is 29.2. The Bertz CT molecular complexity index is 1000. The van der Waals surface area contributed by atoms with E-state index in [1.807, 2.05) is 0 Å². The van der Waals surface area contributed by atoms with Crippen LogP contribution in [0.1, 0.15) is 303 Å². The van der Waals surface area contributed by atoms with Crippen molar-refractivity contribution in [1.29, 1.82) is 0 Å². The Morgan fingerprint density at radius 1 is 0.455 bits per heavy atom. The van der Waals surface area contributed by atoms with Gasteiger partial charge in [-0.1, -0.05) is 284 Å². The lowest BCUT2D eigenvalue weighted by Crippen LogP contribution is -2.60. The number of ether oxygens (including phenoxy) is 2. The van der Waals surface area contributed by atoms with E-state index in [2.05, 4.69) is 19.2 Å². The molecule has 9 heteroatoms. The second-order valence-electron chi connectivity index (χ2n) is 20.8. The van der Waals surface area contributed by atoms with Crippen LogP contribution in [0.4, 0.5) is 0 Å². The molecular formula is C57H113NO8. The zero-order valence-electron chi connectivity index (χ0n) is 43.7. The second kappa shape index (κ2) is 47.8. The number of carbonyl (C=O) groups excluding carboxylic acids is 1. The normalized spacial score (nSPS) is 19.7. The molecule has 0 aromatic carbocycles. The molecule has 1 aliphatic heterocycles. The van der Waals surface area contributed by atoms with Gasteiger partial charge < -0.3 is 40.3 Å². The summed E-state index contributed by atoms with van der Waals surface area (Å²) >= 11 is 0.